The molecule has 0 aliphatic carbocycles. The second-order valence-electron chi connectivity index (χ2n) is 3.11. The quantitative estimate of drug-likeness (QED) is 0.787. The number of ether oxygens (including phenoxy) is 1. The third kappa shape index (κ3) is 3.76. The lowest BCUT2D eigenvalue weighted by Crippen LogP contribution is -2.12. The number of hydrogen-bond donors (Lipinski definition) is 1. The molecular formula is C10H14ClNOS. The van der Waals surface area contributed by atoms with Crippen molar-refractivity contribution in [2.24, 2.45) is 5.92 Å². The van der Waals surface area contributed by atoms with Gasteiger partial charge in [-0.2, -0.15) is 12.6 Å². The number of thiol groups is 1. The first-order valence-electron chi connectivity index (χ1n) is 4.60. The molecular weight excluding hydrogens is 218 g/mol. The summed E-state index contributed by atoms with van der Waals surface area (Å²) >= 11 is 10.0. The minimum Gasteiger partial charge on any atom is -0.492 e. The maximum absolute atomic E-state index is 5.77. The molecule has 0 aliphatic rings. The van der Waals surface area contributed by atoms with E-state index in [0.717, 1.165) is 17.9 Å². The second kappa shape index (κ2) is 6.14. The Morgan fingerprint density at radius 3 is 2.93 bits per heavy atom. The summed E-state index contributed by atoms with van der Waals surface area (Å²) in [5, 5.41) is 0.599. The topological polar surface area (TPSA) is 22.1 Å². The van der Waals surface area contributed by atoms with E-state index >= 15 is 0 Å². The minimum absolute atomic E-state index is 0.484. The number of halogens is 1. The Kier molecular flexibility index (Phi) is 5.12. The van der Waals surface area contributed by atoms with Gasteiger partial charge in [-0.1, -0.05) is 18.5 Å². The van der Waals surface area contributed by atoms with Crippen LogP contribution in [-0.4, -0.2) is 17.3 Å². The van der Waals surface area contributed by atoms with E-state index in [1.165, 1.54) is 0 Å². The van der Waals surface area contributed by atoms with Crippen molar-refractivity contribution in [1.82, 2.24) is 4.98 Å². The van der Waals surface area contributed by atoms with Crippen molar-refractivity contribution in [2.45, 2.75) is 13.3 Å². The molecule has 0 saturated heterocycles. The third-order valence-corrected chi connectivity index (χ3v) is 2.72. The predicted molar refractivity (Wildman–Crippen MR) is 62.4 cm³/mol. The lowest BCUT2D eigenvalue weighted by Gasteiger charge is -2.12. The molecule has 1 unspecified atom stereocenters. The molecule has 1 aromatic heterocycles. The summed E-state index contributed by atoms with van der Waals surface area (Å²) in [6.07, 6.45) is 4.32. The largest absolute Gasteiger partial charge is 0.492 e. The van der Waals surface area contributed by atoms with E-state index in [2.05, 4.69) is 24.5 Å². The summed E-state index contributed by atoms with van der Waals surface area (Å²) in [7, 11) is 0. The van der Waals surface area contributed by atoms with E-state index in [1.54, 1.807) is 18.5 Å². The molecule has 4 heteroatoms. The molecule has 0 amide bonds. The van der Waals surface area contributed by atoms with Gasteiger partial charge in [-0.05, 0) is 12.2 Å². The maximum Gasteiger partial charge on any atom is 0.139 e. The van der Waals surface area contributed by atoms with Crippen LogP contribution in [0.15, 0.2) is 18.5 Å². The molecule has 0 saturated carbocycles. The number of aromatic nitrogens is 1. The Hall–Kier alpha value is -0.410. The van der Waals surface area contributed by atoms with Gasteiger partial charge in [0.2, 0.25) is 0 Å². The zero-order chi connectivity index (χ0) is 10.4. The Morgan fingerprint density at radius 2 is 2.36 bits per heavy atom. The SMILES string of the molecule is CCC(CS)COc1cncc(Cl)c1. The Balaban J connectivity index is 2.44. The summed E-state index contributed by atoms with van der Waals surface area (Å²) in [6.45, 7) is 2.79. The van der Waals surface area contributed by atoms with Crippen LogP contribution in [0.1, 0.15) is 13.3 Å². The van der Waals surface area contributed by atoms with E-state index in [0.29, 0.717) is 17.5 Å². The highest BCUT2D eigenvalue weighted by Gasteiger charge is 2.05. The van der Waals surface area contributed by atoms with Crippen molar-refractivity contribution in [3.8, 4) is 5.75 Å². The maximum atomic E-state index is 5.77. The lowest BCUT2D eigenvalue weighted by atomic mass is 10.1. The zero-order valence-electron chi connectivity index (χ0n) is 8.11. The van der Waals surface area contributed by atoms with Crippen molar-refractivity contribution in [3.63, 3.8) is 0 Å². The van der Waals surface area contributed by atoms with Crippen molar-refractivity contribution < 1.29 is 4.74 Å². The lowest BCUT2D eigenvalue weighted by molar-refractivity contribution is 0.258. The van der Waals surface area contributed by atoms with Crippen molar-refractivity contribution >= 4 is 24.2 Å². The number of rotatable bonds is 5. The van der Waals surface area contributed by atoms with Gasteiger partial charge in [0.25, 0.3) is 0 Å². The van der Waals surface area contributed by atoms with E-state index in [9.17, 15) is 0 Å². The molecule has 0 aliphatic heterocycles. The summed E-state index contributed by atoms with van der Waals surface area (Å²) in [4.78, 5) is 3.94. The van der Waals surface area contributed by atoms with Crippen LogP contribution in [0, 0.1) is 5.92 Å². The zero-order valence-corrected chi connectivity index (χ0v) is 9.76. The second-order valence-corrected chi connectivity index (χ2v) is 3.91. The fourth-order valence-electron chi connectivity index (χ4n) is 0.985. The highest BCUT2D eigenvalue weighted by atomic mass is 35.5. The van der Waals surface area contributed by atoms with Crippen LogP contribution in [0.3, 0.4) is 0 Å². The average Bonchev–Trinajstić information content (AvgIpc) is 2.19. The van der Waals surface area contributed by atoms with Gasteiger partial charge in [-0.25, -0.2) is 0 Å². The van der Waals surface area contributed by atoms with Crippen LogP contribution < -0.4 is 4.74 Å². The molecule has 0 radical (unpaired) electrons. The standard InChI is InChI=1S/C10H14ClNOS/c1-2-8(7-14)6-13-10-3-9(11)4-12-5-10/h3-5,8,14H,2,6-7H2,1H3. The molecule has 0 bridgehead atoms. The van der Waals surface area contributed by atoms with Gasteiger partial charge in [0.1, 0.15) is 5.75 Å². The van der Waals surface area contributed by atoms with E-state index < -0.39 is 0 Å². The third-order valence-electron chi connectivity index (χ3n) is 2.00. The highest BCUT2D eigenvalue weighted by Crippen LogP contribution is 2.16. The molecule has 0 fully saturated rings. The molecule has 14 heavy (non-hydrogen) atoms. The first-order valence-corrected chi connectivity index (χ1v) is 5.61. The van der Waals surface area contributed by atoms with E-state index in [4.69, 9.17) is 16.3 Å². The van der Waals surface area contributed by atoms with Gasteiger partial charge in [0, 0.05) is 18.2 Å². The van der Waals surface area contributed by atoms with E-state index in [1.807, 2.05) is 0 Å². The monoisotopic (exact) mass is 231 g/mol. The van der Waals surface area contributed by atoms with Crippen LogP contribution in [0.25, 0.3) is 0 Å². The first kappa shape index (κ1) is 11.7. The molecule has 0 spiro atoms. The Labute approximate surface area is 95.0 Å². The van der Waals surface area contributed by atoms with Crippen molar-refractivity contribution in [2.75, 3.05) is 12.4 Å². The van der Waals surface area contributed by atoms with Crippen LogP contribution in [-0.2, 0) is 0 Å². The first-order chi connectivity index (χ1) is 6.76. The van der Waals surface area contributed by atoms with Gasteiger partial charge in [-0.15, -0.1) is 0 Å². The summed E-state index contributed by atoms with van der Waals surface area (Å²) in [5.41, 5.74) is 0. The molecule has 1 rings (SSSR count). The van der Waals surface area contributed by atoms with Crippen LogP contribution in [0.2, 0.25) is 5.02 Å². The fraction of sp³-hybridized carbons (Fsp3) is 0.500. The van der Waals surface area contributed by atoms with Gasteiger partial charge < -0.3 is 4.74 Å². The van der Waals surface area contributed by atoms with Crippen molar-refractivity contribution in [3.05, 3.63) is 23.5 Å². The molecule has 78 valence electrons. The Morgan fingerprint density at radius 1 is 1.57 bits per heavy atom. The fourth-order valence-corrected chi connectivity index (χ4v) is 1.51. The summed E-state index contributed by atoms with van der Waals surface area (Å²) in [6, 6.07) is 1.76. The van der Waals surface area contributed by atoms with Crippen molar-refractivity contribution in [1.29, 1.82) is 0 Å². The molecule has 1 atom stereocenters. The Bertz CT molecular complexity index is 279. The molecule has 2 nitrogen and oxygen atoms in total. The molecule has 1 heterocycles. The number of pyridine rings is 1. The molecule has 0 aromatic carbocycles. The normalized spacial score (nSPS) is 12.5. The molecule has 1 aromatic rings. The predicted octanol–water partition coefficient (Wildman–Crippen LogP) is 3.07. The van der Waals surface area contributed by atoms with Gasteiger partial charge in [0.05, 0.1) is 17.8 Å². The number of nitrogens with zero attached hydrogens (tertiary/aromatic N) is 1. The average molecular weight is 232 g/mol. The van der Waals surface area contributed by atoms with Crippen LogP contribution >= 0.6 is 24.2 Å². The summed E-state index contributed by atoms with van der Waals surface area (Å²) < 4.78 is 5.53. The van der Waals surface area contributed by atoms with E-state index in [-0.39, 0.29) is 0 Å². The summed E-state index contributed by atoms with van der Waals surface area (Å²) in [5.74, 6) is 2.04. The van der Waals surface area contributed by atoms with Crippen LogP contribution in [0.5, 0.6) is 5.75 Å². The smallest absolute Gasteiger partial charge is 0.139 e. The van der Waals surface area contributed by atoms with Gasteiger partial charge in [0.15, 0.2) is 0 Å². The number of hydrogen-bond acceptors (Lipinski definition) is 3. The highest BCUT2D eigenvalue weighted by molar-refractivity contribution is 7.80. The van der Waals surface area contributed by atoms with Gasteiger partial charge >= 0.3 is 0 Å². The van der Waals surface area contributed by atoms with Crippen LogP contribution in [0.4, 0.5) is 0 Å². The van der Waals surface area contributed by atoms with Gasteiger partial charge in [-0.3, -0.25) is 4.98 Å². The minimum atomic E-state index is 0.484. The molecule has 0 N–H and O–H groups in total.